The predicted molar refractivity (Wildman–Crippen MR) is 134 cm³/mol. The van der Waals surface area contributed by atoms with Gasteiger partial charge in [-0.15, -0.1) is 0 Å². The summed E-state index contributed by atoms with van der Waals surface area (Å²) in [5.74, 6) is 0.172. The quantitative estimate of drug-likeness (QED) is 0.276. The zero-order valence-corrected chi connectivity index (χ0v) is 19.9. The van der Waals surface area contributed by atoms with Crippen molar-refractivity contribution < 1.29 is 9.59 Å². The van der Waals surface area contributed by atoms with Crippen molar-refractivity contribution in [2.75, 3.05) is 26.2 Å². The van der Waals surface area contributed by atoms with Crippen molar-refractivity contribution in [3.63, 3.8) is 0 Å². The van der Waals surface area contributed by atoms with Crippen LogP contribution in [-0.2, 0) is 6.54 Å². The summed E-state index contributed by atoms with van der Waals surface area (Å²) in [6, 6.07) is 15.6. The number of hydrogen-bond acceptors (Lipinski definition) is 4. The second-order valence-electron chi connectivity index (χ2n) is 9.65. The first-order chi connectivity index (χ1) is 16.5. The number of benzene rings is 2. The van der Waals surface area contributed by atoms with Crippen molar-refractivity contribution in [3.05, 3.63) is 77.5 Å². The van der Waals surface area contributed by atoms with Crippen LogP contribution in [0.1, 0.15) is 64.9 Å². The molecule has 0 radical (unpaired) electrons. The van der Waals surface area contributed by atoms with Crippen LogP contribution in [0.5, 0.6) is 0 Å². The highest BCUT2D eigenvalue weighted by Gasteiger charge is 2.34. The van der Waals surface area contributed by atoms with Gasteiger partial charge in [0.15, 0.2) is 0 Å². The van der Waals surface area contributed by atoms with Crippen LogP contribution in [0.2, 0.25) is 0 Å². The van der Waals surface area contributed by atoms with E-state index in [4.69, 9.17) is 5.10 Å². The molecule has 1 saturated heterocycles. The van der Waals surface area contributed by atoms with Crippen LogP contribution in [0.4, 0.5) is 0 Å². The fourth-order valence-corrected chi connectivity index (χ4v) is 5.31. The van der Waals surface area contributed by atoms with Gasteiger partial charge in [-0.1, -0.05) is 42.5 Å². The van der Waals surface area contributed by atoms with Crippen molar-refractivity contribution in [3.8, 4) is 0 Å². The molecule has 6 nitrogen and oxygen atoms in total. The molecule has 0 spiro atoms. The fraction of sp³-hybridized carbons (Fsp3) is 0.393. The lowest BCUT2D eigenvalue weighted by Gasteiger charge is -2.31. The van der Waals surface area contributed by atoms with Gasteiger partial charge in [-0.2, -0.15) is 5.10 Å². The lowest BCUT2D eigenvalue weighted by atomic mass is 9.91. The molecular formula is C28H32N4O2. The smallest absolute Gasteiger partial charge is 0.261 e. The molecule has 0 bridgehead atoms. The topological polar surface area (TPSA) is 58.4 Å². The molecule has 0 aliphatic carbocycles. The van der Waals surface area contributed by atoms with Gasteiger partial charge in [0, 0.05) is 17.8 Å². The van der Waals surface area contributed by atoms with Crippen LogP contribution in [0.15, 0.2) is 60.7 Å². The van der Waals surface area contributed by atoms with Crippen LogP contribution in [-0.4, -0.2) is 57.6 Å². The molecule has 3 aromatic rings. The third-order valence-corrected chi connectivity index (χ3v) is 7.06. The SMILES string of the molecule is C=C(C)Cn1nc(C2CCN(CCCCN3C(=O)c4ccccc4C3=O)CC2)c2ccccc21. The standard InChI is InChI=1S/C28H32N4O2/c1-20(2)19-32-25-12-6-5-11-24(25)26(29-32)21-13-17-30(18-14-21)15-7-8-16-31-27(33)22-9-3-4-10-23(22)28(31)34/h3-6,9-12,21H,1,7-8,13-19H2,2H3. The number of carbonyl (C=O) groups excluding carboxylic acids is 2. The number of carbonyl (C=O) groups is 2. The Hall–Kier alpha value is -3.25. The van der Waals surface area contributed by atoms with Crippen molar-refractivity contribution >= 4 is 22.7 Å². The van der Waals surface area contributed by atoms with Crippen LogP contribution in [0, 0.1) is 0 Å². The molecule has 34 heavy (non-hydrogen) atoms. The Kier molecular flexibility index (Phi) is 6.33. The molecule has 2 aliphatic heterocycles. The number of amides is 2. The van der Waals surface area contributed by atoms with Gasteiger partial charge >= 0.3 is 0 Å². The molecule has 2 aliphatic rings. The molecule has 0 unspecified atom stereocenters. The van der Waals surface area contributed by atoms with Crippen molar-refractivity contribution in [1.29, 1.82) is 0 Å². The zero-order valence-electron chi connectivity index (χ0n) is 19.9. The van der Waals surface area contributed by atoms with Gasteiger partial charge in [-0.3, -0.25) is 19.2 Å². The lowest BCUT2D eigenvalue weighted by Crippen LogP contribution is -2.35. The van der Waals surface area contributed by atoms with Gasteiger partial charge in [0.25, 0.3) is 11.8 Å². The number of rotatable bonds is 8. The monoisotopic (exact) mass is 456 g/mol. The van der Waals surface area contributed by atoms with Gasteiger partial charge < -0.3 is 4.90 Å². The number of piperidine rings is 1. The Labute approximate surface area is 200 Å². The van der Waals surface area contributed by atoms with E-state index in [1.165, 1.54) is 21.5 Å². The largest absolute Gasteiger partial charge is 0.303 e. The fourth-order valence-electron chi connectivity index (χ4n) is 5.31. The summed E-state index contributed by atoms with van der Waals surface area (Å²) in [5.41, 5.74) is 4.59. The molecule has 2 aromatic carbocycles. The number of hydrogen-bond donors (Lipinski definition) is 0. The van der Waals surface area contributed by atoms with Crippen LogP contribution in [0.3, 0.4) is 0 Å². The molecule has 0 saturated carbocycles. The second kappa shape index (κ2) is 9.55. The van der Waals surface area contributed by atoms with Gasteiger partial charge in [0.1, 0.15) is 0 Å². The van der Waals surface area contributed by atoms with E-state index >= 15 is 0 Å². The highest BCUT2D eigenvalue weighted by Crippen LogP contribution is 2.33. The summed E-state index contributed by atoms with van der Waals surface area (Å²) < 4.78 is 2.10. The number of likely N-dealkylation sites (tertiary alicyclic amines) is 1. The van der Waals surface area contributed by atoms with E-state index in [1.807, 2.05) is 19.1 Å². The number of para-hydroxylation sites is 1. The molecule has 176 valence electrons. The predicted octanol–water partition coefficient (Wildman–Crippen LogP) is 4.87. The van der Waals surface area contributed by atoms with E-state index in [9.17, 15) is 9.59 Å². The average Bonchev–Trinajstić information content (AvgIpc) is 3.32. The Morgan fingerprint density at radius 1 is 0.941 bits per heavy atom. The summed E-state index contributed by atoms with van der Waals surface area (Å²) in [6.45, 7) is 10.5. The molecule has 6 heteroatoms. The van der Waals surface area contributed by atoms with E-state index in [0.29, 0.717) is 23.6 Å². The molecule has 3 heterocycles. The summed E-state index contributed by atoms with van der Waals surface area (Å²) >= 11 is 0. The number of unbranched alkanes of at least 4 members (excludes halogenated alkanes) is 1. The highest BCUT2D eigenvalue weighted by atomic mass is 16.2. The minimum Gasteiger partial charge on any atom is -0.303 e. The van der Waals surface area contributed by atoms with Crippen molar-refractivity contribution in [2.24, 2.45) is 0 Å². The van der Waals surface area contributed by atoms with Crippen LogP contribution >= 0.6 is 0 Å². The number of fused-ring (bicyclic) bond motifs is 2. The molecule has 0 atom stereocenters. The molecule has 5 rings (SSSR count). The van der Waals surface area contributed by atoms with Gasteiger partial charge in [-0.05, 0) is 70.4 Å². The Bertz CT molecular complexity index is 1200. The summed E-state index contributed by atoms with van der Waals surface area (Å²) in [4.78, 5) is 28.9. The molecule has 1 fully saturated rings. The minimum atomic E-state index is -0.153. The molecule has 2 amide bonds. The Morgan fingerprint density at radius 3 is 2.24 bits per heavy atom. The van der Waals surface area contributed by atoms with Crippen molar-refractivity contribution in [2.45, 2.75) is 45.1 Å². The van der Waals surface area contributed by atoms with E-state index in [2.05, 4.69) is 40.4 Å². The van der Waals surface area contributed by atoms with E-state index in [1.54, 1.807) is 12.1 Å². The number of imide groups is 1. The Balaban J connectivity index is 1.12. The first-order valence-corrected chi connectivity index (χ1v) is 12.3. The van der Waals surface area contributed by atoms with E-state index in [-0.39, 0.29) is 11.8 Å². The van der Waals surface area contributed by atoms with Gasteiger partial charge in [0.05, 0.1) is 28.9 Å². The maximum atomic E-state index is 12.5. The third kappa shape index (κ3) is 4.30. The Morgan fingerprint density at radius 2 is 1.56 bits per heavy atom. The van der Waals surface area contributed by atoms with Gasteiger partial charge in [0.2, 0.25) is 0 Å². The minimum absolute atomic E-state index is 0.153. The number of nitrogens with zero attached hydrogens (tertiary/aromatic N) is 4. The normalized spacial score (nSPS) is 17.0. The van der Waals surface area contributed by atoms with E-state index < -0.39 is 0 Å². The average molecular weight is 457 g/mol. The molecule has 1 aromatic heterocycles. The summed E-state index contributed by atoms with van der Waals surface area (Å²) in [6.07, 6.45) is 4.02. The van der Waals surface area contributed by atoms with Crippen LogP contribution < -0.4 is 0 Å². The van der Waals surface area contributed by atoms with Crippen molar-refractivity contribution in [1.82, 2.24) is 19.6 Å². The first-order valence-electron chi connectivity index (χ1n) is 12.3. The lowest BCUT2D eigenvalue weighted by molar-refractivity contribution is 0.0649. The van der Waals surface area contributed by atoms with Gasteiger partial charge in [-0.25, -0.2) is 0 Å². The second-order valence-corrected chi connectivity index (χ2v) is 9.65. The zero-order chi connectivity index (χ0) is 23.7. The number of aromatic nitrogens is 2. The third-order valence-electron chi connectivity index (χ3n) is 7.06. The van der Waals surface area contributed by atoms with E-state index in [0.717, 1.165) is 57.4 Å². The molecular weight excluding hydrogens is 424 g/mol. The maximum absolute atomic E-state index is 12.5. The van der Waals surface area contributed by atoms with Crippen LogP contribution in [0.25, 0.3) is 10.9 Å². The number of allylic oxidation sites excluding steroid dienone is 1. The summed E-state index contributed by atoms with van der Waals surface area (Å²) in [5, 5.41) is 6.26. The summed E-state index contributed by atoms with van der Waals surface area (Å²) in [7, 11) is 0. The molecule has 0 N–H and O–H groups in total. The maximum Gasteiger partial charge on any atom is 0.261 e. The first kappa shape index (κ1) is 22.5. The highest BCUT2D eigenvalue weighted by molar-refractivity contribution is 6.21.